The number of hydrogen-bond acceptors (Lipinski definition) is 9. The van der Waals surface area contributed by atoms with Crippen LogP contribution in [0.2, 0.25) is 0 Å². The van der Waals surface area contributed by atoms with Crippen LogP contribution in [0.4, 0.5) is 17.5 Å². The van der Waals surface area contributed by atoms with E-state index in [2.05, 4.69) is 31.3 Å². The Hall–Kier alpha value is -2.44. The van der Waals surface area contributed by atoms with E-state index in [1.54, 1.807) is 35.6 Å². The summed E-state index contributed by atoms with van der Waals surface area (Å²) in [6.07, 6.45) is 1.71. The fraction of sp³-hybridized carbons (Fsp3) is 0.435. The van der Waals surface area contributed by atoms with E-state index < -0.39 is 11.4 Å². The number of carbonyl (C=O) groups is 1. The van der Waals surface area contributed by atoms with Crippen molar-refractivity contribution in [3.05, 3.63) is 35.7 Å². The summed E-state index contributed by atoms with van der Waals surface area (Å²) < 4.78 is 22.7. The molecule has 1 atom stereocenters. The van der Waals surface area contributed by atoms with Crippen molar-refractivity contribution in [3.63, 3.8) is 0 Å². The molecule has 4 heterocycles. The lowest BCUT2D eigenvalue weighted by Crippen LogP contribution is -2.45. The van der Waals surface area contributed by atoms with E-state index in [0.29, 0.717) is 10.6 Å². The minimum atomic E-state index is -1.31. The molecule has 34 heavy (non-hydrogen) atoms. The van der Waals surface area contributed by atoms with Crippen LogP contribution in [0.25, 0.3) is 10.2 Å². The summed E-state index contributed by atoms with van der Waals surface area (Å²) in [5, 5.41) is 4.79. The Morgan fingerprint density at radius 1 is 1.09 bits per heavy atom. The maximum absolute atomic E-state index is 12.8. The molecule has 2 aromatic heterocycles. The number of carbonyl (C=O) groups excluding carboxylic acids is 1. The maximum Gasteiger partial charge on any atom is 0.227 e. The van der Waals surface area contributed by atoms with Crippen molar-refractivity contribution in [1.29, 1.82) is 0 Å². The van der Waals surface area contributed by atoms with Crippen molar-refractivity contribution >= 4 is 56.3 Å². The number of benzene rings is 1. The number of anilines is 3. The standard InChI is InChI=1S/C23H28N6O3S2/c1-16(30)24-17-2-4-19(5-3-17)34(31)27-18-6-9-29(10-7-18)23-25-20-8-15-33-21(20)22(26-23)28-11-13-32-14-12-28/h2-5,8,15,18,27H,6-7,9-14H2,1H3,(H,24,30). The molecular formula is C23H28N6O3S2. The summed E-state index contributed by atoms with van der Waals surface area (Å²) in [5.74, 6) is 1.64. The third-order valence-corrected chi connectivity index (χ3v) is 8.17. The van der Waals surface area contributed by atoms with Crippen molar-refractivity contribution in [3.8, 4) is 0 Å². The second-order valence-electron chi connectivity index (χ2n) is 8.44. The van der Waals surface area contributed by atoms with Gasteiger partial charge in [0.05, 0.1) is 40.8 Å². The third kappa shape index (κ3) is 5.28. The van der Waals surface area contributed by atoms with Gasteiger partial charge in [0.2, 0.25) is 11.9 Å². The molecule has 2 aliphatic heterocycles. The van der Waals surface area contributed by atoms with Crippen LogP contribution in [0, 0.1) is 0 Å². The number of thiophene rings is 1. The van der Waals surface area contributed by atoms with E-state index in [1.807, 2.05) is 0 Å². The lowest BCUT2D eigenvalue weighted by molar-refractivity contribution is -0.114. The molecule has 0 spiro atoms. The molecule has 1 amide bonds. The molecule has 2 aliphatic rings. The van der Waals surface area contributed by atoms with Crippen LogP contribution in [0.5, 0.6) is 0 Å². The minimum Gasteiger partial charge on any atom is -0.593 e. The molecule has 0 radical (unpaired) electrons. The molecule has 2 fully saturated rings. The number of hydrogen-bond donors (Lipinski definition) is 2. The van der Waals surface area contributed by atoms with E-state index in [1.165, 1.54) is 6.92 Å². The highest BCUT2D eigenvalue weighted by Crippen LogP contribution is 2.32. The molecule has 11 heteroatoms. The van der Waals surface area contributed by atoms with Gasteiger partial charge in [-0.25, -0.2) is 4.98 Å². The molecule has 5 rings (SSSR count). The monoisotopic (exact) mass is 500 g/mol. The molecule has 1 aromatic carbocycles. The first kappa shape index (κ1) is 23.3. The Labute approximate surface area is 205 Å². The van der Waals surface area contributed by atoms with Crippen LogP contribution in [0.3, 0.4) is 0 Å². The SMILES string of the molecule is CC(=O)Nc1ccc([S+]([O-])NC2CCN(c3nc(N4CCOCC4)c4sccc4n3)CC2)cc1. The van der Waals surface area contributed by atoms with Gasteiger partial charge in [0.1, 0.15) is 0 Å². The van der Waals surface area contributed by atoms with Crippen molar-refractivity contribution < 1.29 is 14.1 Å². The molecule has 2 N–H and O–H groups in total. The number of fused-ring (bicyclic) bond motifs is 1. The van der Waals surface area contributed by atoms with Gasteiger partial charge in [-0.2, -0.15) is 4.98 Å². The maximum atomic E-state index is 12.8. The molecule has 3 aromatic rings. The zero-order valence-corrected chi connectivity index (χ0v) is 20.7. The minimum absolute atomic E-state index is 0.127. The second kappa shape index (κ2) is 10.4. The van der Waals surface area contributed by atoms with Gasteiger partial charge >= 0.3 is 0 Å². The molecule has 0 bridgehead atoms. The molecule has 0 saturated carbocycles. The first-order valence-corrected chi connectivity index (χ1v) is 13.5. The molecule has 2 saturated heterocycles. The van der Waals surface area contributed by atoms with Crippen LogP contribution >= 0.6 is 11.3 Å². The second-order valence-corrected chi connectivity index (χ2v) is 10.6. The molecule has 180 valence electrons. The van der Waals surface area contributed by atoms with Crippen LogP contribution in [0.1, 0.15) is 19.8 Å². The van der Waals surface area contributed by atoms with Gasteiger partial charge in [-0.05, 0) is 48.6 Å². The van der Waals surface area contributed by atoms with E-state index in [9.17, 15) is 9.35 Å². The summed E-state index contributed by atoms with van der Waals surface area (Å²) in [7, 11) is 0. The van der Waals surface area contributed by atoms with E-state index in [4.69, 9.17) is 14.7 Å². The highest BCUT2D eigenvalue weighted by Gasteiger charge is 2.27. The van der Waals surface area contributed by atoms with Gasteiger partial charge in [0, 0.05) is 38.8 Å². The summed E-state index contributed by atoms with van der Waals surface area (Å²) in [5.41, 5.74) is 1.68. The van der Waals surface area contributed by atoms with Crippen molar-refractivity contribution in [2.75, 3.05) is 54.5 Å². The highest BCUT2D eigenvalue weighted by molar-refractivity contribution is 7.89. The lowest BCUT2D eigenvalue weighted by Gasteiger charge is -2.33. The predicted octanol–water partition coefficient (Wildman–Crippen LogP) is 2.77. The van der Waals surface area contributed by atoms with E-state index >= 15 is 0 Å². The van der Waals surface area contributed by atoms with Crippen LogP contribution in [-0.4, -0.2) is 65.9 Å². The van der Waals surface area contributed by atoms with Crippen LogP contribution < -0.4 is 19.8 Å². The fourth-order valence-electron chi connectivity index (χ4n) is 4.25. The number of amides is 1. The molecule has 9 nitrogen and oxygen atoms in total. The summed E-state index contributed by atoms with van der Waals surface area (Å²) >= 11 is 0.374. The van der Waals surface area contributed by atoms with Gasteiger partial charge in [0.15, 0.2) is 10.7 Å². The number of rotatable bonds is 6. The summed E-state index contributed by atoms with van der Waals surface area (Å²) in [4.78, 5) is 26.2. The number of nitrogens with zero attached hydrogens (tertiary/aromatic N) is 4. The normalized spacial score (nSPS) is 18.3. The van der Waals surface area contributed by atoms with Crippen molar-refractivity contribution in [1.82, 2.24) is 14.7 Å². The Bertz CT molecular complexity index is 1130. The Morgan fingerprint density at radius 3 is 2.53 bits per heavy atom. The topological polar surface area (TPSA) is 106 Å². The smallest absolute Gasteiger partial charge is 0.227 e. The predicted molar refractivity (Wildman–Crippen MR) is 136 cm³/mol. The zero-order valence-electron chi connectivity index (χ0n) is 19.0. The Balaban J connectivity index is 1.21. The molecular weight excluding hydrogens is 472 g/mol. The van der Waals surface area contributed by atoms with Gasteiger partial charge < -0.3 is 24.4 Å². The van der Waals surface area contributed by atoms with E-state index in [0.717, 1.165) is 74.2 Å². The first-order valence-electron chi connectivity index (χ1n) is 11.5. The lowest BCUT2D eigenvalue weighted by atomic mass is 10.1. The summed E-state index contributed by atoms with van der Waals surface area (Å²) in [6.45, 7) is 6.18. The largest absolute Gasteiger partial charge is 0.593 e. The Kier molecular flexibility index (Phi) is 7.16. The number of nitrogens with one attached hydrogen (secondary N) is 2. The number of aromatic nitrogens is 2. The molecule has 1 unspecified atom stereocenters. The van der Waals surface area contributed by atoms with Crippen molar-refractivity contribution in [2.45, 2.75) is 30.7 Å². The molecule has 0 aliphatic carbocycles. The number of piperidine rings is 1. The van der Waals surface area contributed by atoms with Crippen molar-refractivity contribution in [2.24, 2.45) is 0 Å². The van der Waals surface area contributed by atoms with Gasteiger partial charge in [-0.15, -0.1) is 16.1 Å². The average Bonchev–Trinajstić information content (AvgIpc) is 3.33. The average molecular weight is 501 g/mol. The highest BCUT2D eigenvalue weighted by atomic mass is 32.2. The summed E-state index contributed by atoms with van der Waals surface area (Å²) in [6, 6.07) is 9.30. The Morgan fingerprint density at radius 2 is 1.82 bits per heavy atom. The quantitative estimate of drug-likeness (QED) is 0.498. The van der Waals surface area contributed by atoms with Crippen LogP contribution in [0.15, 0.2) is 40.6 Å². The number of ether oxygens (including phenoxy) is 1. The fourth-order valence-corrected chi connectivity index (χ4v) is 6.15. The van der Waals surface area contributed by atoms with Gasteiger partial charge in [-0.3, -0.25) is 4.79 Å². The van der Waals surface area contributed by atoms with Crippen LogP contribution in [-0.2, 0) is 20.9 Å². The van der Waals surface area contributed by atoms with Gasteiger partial charge in [-0.1, -0.05) is 0 Å². The zero-order chi connectivity index (χ0) is 23.5. The van der Waals surface area contributed by atoms with Gasteiger partial charge in [0.25, 0.3) is 0 Å². The number of morpholine rings is 1. The third-order valence-electron chi connectivity index (χ3n) is 6.02. The first-order chi connectivity index (χ1) is 16.6. The van der Waals surface area contributed by atoms with E-state index in [-0.39, 0.29) is 11.9 Å².